The number of phenolic OH excluding ortho intramolecular Hbond substituents is 1. The van der Waals surface area contributed by atoms with E-state index in [2.05, 4.69) is 0 Å². The van der Waals surface area contributed by atoms with Crippen LogP contribution in [-0.2, 0) is 4.79 Å². The van der Waals surface area contributed by atoms with Crippen LogP contribution in [0.2, 0.25) is 0 Å². The molecule has 0 spiro atoms. The molecule has 2 aliphatic rings. The van der Waals surface area contributed by atoms with E-state index in [0.717, 1.165) is 46.2 Å². The second-order valence-electron chi connectivity index (χ2n) is 6.91. The average Bonchev–Trinajstić information content (AvgIpc) is 2.67. The Morgan fingerprint density at radius 3 is 2.65 bits per heavy atom. The molecular formula is C23H18O3. The van der Waals surface area contributed by atoms with Gasteiger partial charge in [-0.3, -0.25) is 4.79 Å². The molecular weight excluding hydrogens is 324 g/mol. The number of carbonyl (C=O) groups is 1. The zero-order chi connectivity index (χ0) is 17.7. The number of hydrogen-bond donors (Lipinski definition) is 1. The molecule has 0 fully saturated rings. The fourth-order valence-electron chi connectivity index (χ4n) is 4.25. The van der Waals surface area contributed by atoms with Crippen molar-refractivity contribution in [3.05, 3.63) is 83.1 Å². The molecule has 1 aliphatic heterocycles. The molecule has 3 aromatic carbocycles. The van der Waals surface area contributed by atoms with Crippen molar-refractivity contribution in [1.82, 2.24) is 0 Å². The largest absolute Gasteiger partial charge is 0.508 e. The van der Waals surface area contributed by atoms with Gasteiger partial charge >= 0.3 is 0 Å². The van der Waals surface area contributed by atoms with Gasteiger partial charge in [-0.15, -0.1) is 0 Å². The molecule has 0 saturated heterocycles. The monoisotopic (exact) mass is 342 g/mol. The van der Waals surface area contributed by atoms with Gasteiger partial charge in [0.05, 0.1) is 0 Å². The number of Topliss-reactive ketones (excluding diaryl/α,β-unsaturated/α-hetero) is 1. The van der Waals surface area contributed by atoms with Gasteiger partial charge in [0.25, 0.3) is 0 Å². The highest BCUT2D eigenvalue weighted by Gasteiger charge is 2.38. The Morgan fingerprint density at radius 2 is 1.73 bits per heavy atom. The predicted octanol–water partition coefficient (Wildman–Crippen LogP) is 5.08. The molecule has 3 aromatic rings. The first-order valence-electron chi connectivity index (χ1n) is 8.97. The maximum Gasteiger partial charge on any atom is 0.163 e. The number of carbonyl (C=O) groups excluding carboxylic acids is 1. The first-order chi connectivity index (χ1) is 12.7. The molecule has 0 saturated carbocycles. The zero-order valence-electron chi connectivity index (χ0n) is 14.2. The summed E-state index contributed by atoms with van der Waals surface area (Å²) in [6, 6.07) is 19.5. The highest BCUT2D eigenvalue weighted by molar-refractivity contribution is 6.01. The Balaban J connectivity index is 1.86. The van der Waals surface area contributed by atoms with Gasteiger partial charge in [0.2, 0.25) is 0 Å². The minimum atomic E-state index is -0.297. The van der Waals surface area contributed by atoms with E-state index in [0.29, 0.717) is 12.0 Å². The summed E-state index contributed by atoms with van der Waals surface area (Å²) in [6.07, 6.45) is 2.11. The molecule has 0 amide bonds. The van der Waals surface area contributed by atoms with Gasteiger partial charge in [0, 0.05) is 35.5 Å². The van der Waals surface area contributed by atoms with E-state index < -0.39 is 0 Å². The van der Waals surface area contributed by atoms with Crippen LogP contribution >= 0.6 is 0 Å². The summed E-state index contributed by atoms with van der Waals surface area (Å²) in [5.74, 6) is 1.58. The lowest BCUT2D eigenvalue weighted by Crippen LogP contribution is -2.25. The van der Waals surface area contributed by atoms with Crippen molar-refractivity contribution < 1.29 is 14.6 Å². The van der Waals surface area contributed by atoms with Crippen LogP contribution in [-0.4, -0.2) is 10.9 Å². The number of phenols is 1. The van der Waals surface area contributed by atoms with Crippen molar-refractivity contribution in [3.8, 4) is 11.5 Å². The molecule has 0 radical (unpaired) electrons. The molecule has 1 N–H and O–H groups in total. The number of rotatable bonds is 1. The van der Waals surface area contributed by atoms with Crippen molar-refractivity contribution in [2.24, 2.45) is 0 Å². The maximum absolute atomic E-state index is 12.8. The Kier molecular flexibility index (Phi) is 3.35. The predicted molar refractivity (Wildman–Crippen MR) is 100 cm³/mol. The van der Waals surface area contributed by atoms with Gasteiger partial charge < -0.3 is 9.84 Å². The van der Waals surface area contributed by atoms with Crippen LogP contribution in [0.25, 0.3) is 10.8 Å². The summed E-state index contributed by atoms with van der Waals surface area (Å²) >= 11 is 0. The summed E-state index contributed by atoms with van der Waals surface area (Å²) in [5, 5.41) is 12.8. The summed E-state index contributed by atoms with van der Waals surface area (Å²) in [4.78, 5) is 12.8. The van der Waals surface area contributed by atoms with E-state index in [-0.39, 0.29) is 17.5 Å². The van der Waals surface area contributed by atoms with E-state index in [1.807, 2.05) is 54.6 Å². The number of ketones is 1. The molecule has 0 bridgehead atoms. The second kappa shape index (κ2) is 5.73. The van der Waals surface area contributed by atoms with Crippen LogP contribution in [0.4, 0.5) is 0 Å². The smallest absolute Gasteiger partial charge is 0.163 e. The number of allylic oxidation sites excluding steroid dienone is 2. The lowest BCUT2D eigenvalue weighted by Gasteiger charge is -2.33. The lowest BCUT2D eigenvalue weighted by molar-refractivity contribution is -0.116. The van der Waals surface area contributed by atoms with Gasteiger partial charge in [-0.2, -0.15) is 0 Å². The Bertz CT molecular complexity index is 1080. The van der Waals surface area contributed by atoms with Crippen LogP contribution in [0.3, 0.4) is 0 Å². The molecule has 3 heteroatoms. The van der Waals surface area contributed by atoms with Crippen LogP contribution < -0.4 is 4.74 Å². The second-order valence-corrected chi connectivity index (χ2v) is 6.91. The van der Waals surface area contributed by atoms with E-state index in [4.69, 9.17) is 4.74 Å². The SMILES string of the molecule is O=C1CCCC2=C1C(c1c(O)ccc3ccccc13)c1ccccc1O2. The van der Waals surface area contributed by atoms with Crippen LogP contribution in [0.15, 0.2) is 72.0 Å². The van der Waals surface area contributed by atoms with Gasteiger partial charge in [-0.25, -0.2) is 0 Å². The minimum Gasteiger partial charge on any atom is -0.508 e. The maximum atomic E-state index is 12.8. The van der Waals surface area contributed by atoms with Crippen molar-refractivity contribution >= 4 is 16.6 Å². The Hall–Kier alpha value is -3.07. The van der Waals surface area contributed by atoms with Gasteiger partial charge in [-0.1, -0.05) is 48.5 Å². The fraction of sp³-hybridized carbons (Fsp3) is 0.174. The van der Waals surface area contributed by atoms with Crippen molar-refractivity contribution in [1.29, 1.82) is 0 Å². The van der Waals surface area contributed by atoms with Gasteiger partial charge in [-0.05, 0) is 29.3 Å². The van der Waals surface area contributed by atoms with Crippen LogP contribution in [0.5, 0.6) is 11.5 Å². The fourth-order valence-corrected chi connectivity index (χ4v) is 4.25. The average molecular weight is 342 g/mol. The topological polar surface area (TPSA) is 46.5 Å². The third-order valence-electron chi connectivity index (χ3n) is 5.40. The minimum absolute atomic E-state index is 0.123. The molecule has 3 nitrogen and oxygen atoms in total. The van der Waals surface area contributed by atoms with Crippen molar-refractivity contribution in [3.63, 3.8) is 0 Å². The van der Waals surface area contributed by atoms with Crippen molar-refractivity contribution in [2.45, 2.75) is 25.2 Å². The number of ether oxygens (including phenoxy) is 1. The standard InChI is InChI=1S/C23H18O3/c24-17-9-5-11-20-23(17)22(16-8-3-4-10-19(16)26-20)21-15-7-2-1-6-14(15)12-13-18(21)25/h1-4,6-8,10,12-13,22,25H,5,9,11H2. The van der Waals surface area contributed by atoms with Gasteiger partial charge in [0.1, 0.15) is 17.3 Å². The molecule has 0 aromatic heterocycles. The zero-order valence-corrected chi connectivity index (χ0v) is 14.2. The molecule has 26 heavy (non-hydrogen) atoms. The molecule has 128 valence electrons. The lowest BCUT2D eigenvalue weighted by atomic mass is 9.75. The molecule has 1 unspecified atom stereocenters. The highest BCUT2D eigenvalue weighted by Crippen LogP contribution is 2.50. The van der Waals surface area contributed by atoms with E-state index in [1.165, 1.54) is 0 Å². The number of fused-ring (bicyclic) bond motifs is 2. The van der Waals surface area contributed by atoms with E-state index >= 15 is 0 Å². The van der Waals surface area contributed by atoms with E-state index in [9.17, 15) is 9.90 Å². The summed E-state index contributed by atoms with van der Waals surface area (Å²) in [6.45, 7) is 0. The summed E-state index contributed by atoms with van der Waals surface area (Å²) in [5.41, 5.74) is 2.44. The van der Waals surface area contributed by atoms with Crippen molar-refractivity contribution in [2.75, 3.05) is 0 Å². The van der Waals surface area contributed by atoms with Gasteiger partial charge in [0.15, 0.2) is 5.78 Å². The summed E-state index contributed by atoms with van der Waals surface area (Å²) < 4.78 is 6.09. The first kappa shape index (κ1) is 15.2. The Labute approximate surface area is 151 Å². The van der Waals surface area contributed by atoms with Crippen LogP contribution in [0.1, 0.15) is 36.3 Å². The number of aromatic hydroxyl groups is 1. The number of benzene rings is 3. The molecule has 1 atom stereocenters. The Morgan fingerprint density at radius 1 is 0.923 bits per heavy atom. The molecule has 1 aliphatic carbocycles. The quantitative estimate of drug-likeness (QED) is 0.671. The summed E-state index contributed by atoms with van der Waals surface area (Å²) in [7, 11) is 0. The third kappa shape index (κ3) is 2.17. The molecule has 1 heterocycles. The van der Waals surface area contributed by atoms with Crippen LogP contribution in [0, 0.1) is 0 Å². The van der Waals surface area contributed by atoms with E-state index in [1.54, 1.807) is 6.07 Å². The normalized spacial score (nSPS) is 19.1. The number of hydrogen-bond acceptors (Lipinski definition) is 3. The molecule has 5 rings (SSSR count). The highest BCUT2D eigenvalue weighted by atomic mass is 16.5. The third-order valence-corrected chi connectivity index (χ3v) is 5.40. The first-order valence-corrected chi connectivity index (χ1v) is 8.97. The number of para-hydroxylation sites is 1.